The van der Waals surface area contributed by atoms with Crippen LogP contribution in [-0.4, -0.2) is 27.4 Å². The lowest BCUT2D eigenvalue weighted by Crippen LogP contribution is -2.16. The molecule has 2 aromatic rings. The van der Waals surface area contributed by atoms with Gasteiger partial charge in [-0.2, -0.15) is 5.10 Å². The summed E-state index contributed by atoms with van der Waals surface area (Å²) >= 11 is 0. The van der Waals surface area contributed by atoms with Crippen molar-refractivity contribution >= 4 is 5.97 Å². The average molecular weight is 287 g/mol. The summed E-state index contributed by atoms with van der Waals surface area (Å²) < 4.78 is 1.86. The first kappa shape index (κ1) is 15.3. The highest BCUT2D eigenvalue weighted by molar-refractivity contribution is 5.66. The van der Waals surface area contributed by atoms with Crippen molar-refractivity contribution in [3.05, 3.63) is 48.3 Å². The summed E-state index contributed by atoms with van der Waals surface area (Å²) in [5.74, 6) is -0.712. The van der Waals surface area contributed by atoms with Crippen LogP contribution in [0.15, 0.2) is 42.7 Å². The zero-order chi connectivity index (χ0) is 14.9. The van der Waals surface area contributed by atoms with Gasteiger partial charge in [-0.05, 0) is 37.1 Å². The molecule has 5 heteroatoms. The van der Waals surface area contributed by atoms with Crippen molar-refractivity contribution in [1.82, 2.24) is 15.1 Å². The highest BCUT2D eigenvalue weighted by Gasteiger charge is 2.03. The van der Waals surface area contributed by atoms with E-state index in [4.69, 9.17) is 5.11 Å². The van der Waals surface area contributed by atoms with Crippen molar-refractivity contribution in [3.63, 3.8) is 0 Å². The number of carboxylic acid groups (broad SMARTS) is 1. The Morgan fingerprint density at radius 3 is 2.81 bits per heavy atom. The molecule has 0 bridgehead atoms. The van der Waals surface area contributed by atoms with Crippen LogP contribution in [0.25, 0.3) is 5.69 Å². The van der Waals surface area contributed by atoms with Gasteiger partial charge in [0.15, 0.2) is 0 Å². The number of aromatic nitrogens is 2. The number of hydrogen-bond acceptors (Lipinski definition) is 3. The number of para-hydroxylation sites is 1. The molecule has 0 aliphatic rings. The number of aliphatic carboxylic acids is 1. The lowest BCUT2D eigenvalue weighted by molar-refractivity contribution is -0.137. The van der Waals surface area contributed by atoms with Crippen LogP contribution in [-0.2, 0) is 11.3 Å². The van der Waals surface area contributed by atoms with Crippen LogP contribution in [0.2, 0.25) is 0 Å². The predicted octanol–water partition coefficient (Wildman–Crippen LogP) is 2.61. The van der Waals surface area contributed by atoms with E-state index < -0.39 is 5.97 Å². The number of rotatable bonds is 9. The first-order chi connectivity index (χ1) is 10.3. The number of nitrogens with one attached hydrogen (secondary N) is 1. The Labute approximate surface area is 124 Å². The number of carboxylic acids is 1. The summed E-state index contributed by atoms with van der Waals surface area (Å²) in [6.07, 6.45) is 6.66. The Bertz CT molecular complexity index is 552. The third-order valence-corrected chi connectivity index (χ3v) is 3.30. The third-order valence-electron chi connectivity index (χ3n) is 3.30. The monoisotopic (exact) mass is 287 g/mol. The molecule has 1 heterocycles. The summed E-state index contributed by atoms with van der Waals surface area (Å²) in [5.41, 5.74) is 2.28. The first-order valence-electron chi connectivity index (χ1n) is 7.28. The standard InChI is InChI=1S/C16H21N3O2/c20-16(21)9-2-1-5-10-17-13-14-7-3-4-8-15(14)19-12-6-11-18-19/h3-4,6-8,11-12,17H,1-2,5,9-10,13H2,(H,20,21). The van der Waals surface area contributed by atoms with Crippen LogP contribution in [0.3, 0.4) is 0 Å². The Kier molecular flexibility index (Phi) is 5.97. The van der Waals surface area contributed by atoms with Gasteiger partial charge < -0.3 is 10.4 Å². The maximum atomic E-state index is 10.4. The molecule has 112 valence electrons. The van der Waals surface area contributed by atoms with Crippen LogP contribution in [0.4, 0.5) is 0 Å². The summed E-state index contributed by atoms with van der Waals surface area (Å²) in [5, 5.41) is 16.2. The van der Waals surface area contributed by atoms with Gasteiger partial charge in [-0.15, -0.1) is 0 Å². The van der Waals surface area contributed by atoms with Crippen LogP contribution in [0.1, 0.15) is 31.2 Å². The van der Waals surface area contributed by atoms with Gasteiger partial charge in [0.2, 0.25) is 0 Å². The van der Waals surface area contributed by atoms with E-state index in [1.807, 2.05) is 29.1 Å². The van der Waals surface area contributed by atoms with E-state index in [1.54, 1.807) is 6.20 Å². The van der Waals surface area contributed by atoms with Crippen molar-refractivity contribution in [2.45, 2.75) is 32.2 Å². The highest BCUT2D eigenvalue weighted by Crippen LogP contribution is 2.13. The lowest BCUT2D eigenvalue weighted by atomic mass is 10.1. The number of benzene rings is 1. The second-order valence-corrected chi connectivity index (χ2v) is 4.96. The van der Waals surface area contributed by atoms with Crippen molar-refractivity contribution in [2.75, 3.05) is 6.54 Å². The normalized spacial score (nSPS) is 10.7. The van der Waals surface area contributed by atoms with Gasteiger partial charge in [-0.1, -0.05) is 24.6 Å². The quantitative estimate of drug-likeness (QED) is 0.696. The van der Waals surface area contributed by atoms with E-state index in [1.165, 1.54) is 5.56 Å². The molecule has 0 aliphatic carbocycles. The Morgan fingerprint density at radius 1 is 1.19 bits per heavy atom. The topological polar surface area (TPSA) is 67.2 Å². The van der Waals surface area contributed by atoms with E-state index in [9.17, 15) is 4.79 Å². The maximum Gasteiger partial charge on any atom is 0.303 e. The molecular weight excluding hydrogens is 266 g/mol. The fourth-order valence-electron chi connectivity index (χ4n) is 2.22. The van der Waals surface area contributed by atoms with Crippen molar-refractivity contribution < 1.29 is 9.90 Å². The molecule has 2 N–H and O–H groups in total. The fourth-order valence-corrected chi connectivity index (χ4v) is 2.22. The summed E-state index contributed by atoms with van der Waals surface area (Å²) in [4.78, 5) is 10.4. The van der Waals surface area contributed by atoms with Gasteiger partial charge in [0.05, 0.1) is 5.69 Å². The predicted molar refractivity (Wildman–Crippen MR) is 81.4 cm³/mol. The lowest BCUT2D eigenvalue weighted by Gasteiger charge is -2.10. The molecular formula is C16H21N3O2. The molecule has 1 aromatic heterocycles. The van der Waals surface area contributed by atoms with Gasteiger partial charge in [0.1, 0.15) is 0 Å². The van der Waals surface area contributed by atoms with E-state index in [-0.39, 0.29) is 6.42 Å². The number of carbonyl (C=O) groups is 1. The molecule has 2 rings (SSSR count). The second kappa shape index (κ2) is 8.21. The minimum absolute atomic E-state index is 0.266. The molecule has 0 spiro atoms. The average Bonchev–Trinajstić information content (AvgIpc) is 3.00. The molecule has 0 radical (unpaired) electrons. The molecule has 0 unspecified atom stereocenters. The SMILES string of the molecule is O=C(O)CCCCCNCc1ccccc1-n1cccn1. The third kappa shape index (κ3) is 5.04. The molecule has 0 saturated heterocycles. The largest absolute Gasteiger partial charge is 0.481 e. The molecule has 5 nitrogen and oxygen atoms in total. The molecule has 0 aliphatic heterocycles. The van der Waals surface area contributed by atoms with Crippen molar-refractivity contribution in [3.8, 4) is 5.69 Å². The zero-order valence-electron chi connectivity index (χ0n) is 12.0. The summed E-state index contributed by atoms with van der Waals surface area (Å²) in [6.45, 7) is 1.68. The van der Waals surface area contributed by atoms with E-state index >= 15 is 0 Å². The zero-order valence-corrected chi connectivity index (χ0v) is 12.0. The van der Waals surface area contributed by atoms with Crippen LogP contribution in [0, 0.1) is 0 Å². The van der Waals surface area contributed by atoms with Gasteiger partial charge >= 0.3 is 5.97 Å². The first-order valence-corrected chi connectivity index (χ1v) is 7.28. The molecule has 0 atom stereocenters. The highest BCUT2D eigenvalue weighted by atomic mass is 16.4. The fraction of sp³-hybridized carbons (Fsp3) is 0.375. The molecule has 0 amide bonds. The smallest absolute Gasteiger partial charge is 0.303 e. The van der Waals surface area contributed by atoms with Crippen LogP contribution < -0.4 is 5.32 Å². The number of nitrogens with zero attached hydrogens (tertiary/aromatic N) is 2. The molecule has 1 aromatic carbocycles. The van der Waals surface area contributed by atoms with Gasteiger partial charge in [-0.3, -0.25) is 4.79 Å². The van der Waals surface area contributed by atoms with Crippen LogP contribution >= 0.6 is 0 Å². The van der Waals surface area contributed by atoms with Gasteiger partial charge in [-0.25, -0.2) is 4.68 Å². The van der Waals surface area contributed by atoms with Crippen molar-refractivity contribution in [2.24, 2.45) is 0 Å². The number of hydrogen-bond donors (Lipinski definition) is 2. The van der Waals surface area contributed by atoms with E-state index in [0.717, 1.165) is 38.0 Å². The second-order valence-electron chi connectivity index (χ2n) is 4.96. The Balaban J connectivity index is 1.75. The summed E-state index contributed by atoms with van der Waals surface area (Å²) in [7, 11) is 0. The van der Waals surface area contributed by atoms with E-state index in [2.05, 4.69) is 22.5 Å². The molecule has 0 saturated carbocycles. The Morgan fingerprint density at radius 2 is 2.05 bits per heavy atom. The minimum atomic E-state index is -0.712. The Hall–Kier alpha value is -2.14. The van der Waals surface area contributed by atoms with E-state index in [0.29, 0.717) is 0 Å². The van der Waals surface area contributed by atoms with Gasteiger partial charge in [0.25, 0.3) is 0 Å². The van der Waals surface area contributed by atoms with Gasteiger partial charge in [0, 0.05) is 25.4 Å². The maximum absolute atomic E-state index is 10.4. The van der Waals surface area contributed by atoms with Crippen LogP contribution in [0.5, 0.6) is 0 Å². The number of unbranched alkanes of at least 4 members (excludes halogenated alkanes) is 2. The molecule has 0 fully saturated rings. The summed E-state index contributed by atoms with van der Waals surface area (Å²) in [6, 6.07) is 10.1. The van der Waals surface area contributed by atoms with Crippen molar-refractivity contribution in [1.29, 1.82) is 0 Å². The molecule has 21 heavy (non-hydrogen) atoms. The minimum Gasteiger partial charge on any atom is -0.481 e.